The summed E-state index contributed by atoms with van der Waals surface area (Å²) in [6.45, 7) is 7.96. The molecule has 0 unspecified atom stereocenters. The van der Waals surface area contributed by atoms with Crippen molar-refractivity contribution in [2.75, 3.05) is 13.2 Å². The highest BCUT2D eigenvalue weighted by molar-refractivity contribution is 5.89. The van der Waals surface area contributed by atoms with E-state index in [9.17, 15) is 4.79 Å². The minimum Gasteiger partial charge on any atom is -0.379 e. The highest BCUT2D eigenvalue weighted by Gasteiger charge is 2.09. The average Bonchev–Trinajstić information content (AvgIpc) is 2.32. The molecule has 1 rings (SSSR count). The lowest BCUT2D eigenvalue weighted by Gasteiger charge is -2.05. The first-order valence-electron chi connectivity index (χ1n) is 5.49. The number of carbonyl (C=O) groups is 1. The van der Waals surface area contributed by atoms with Crippen LogP contribution < -0.4 is 0 Å². The van der Waals surface area contributed by atoms with E-state index in [0.29, 0.717) is 12.2 Å². The lowest BCUT2D eigenvalue weighted by molar-refractivity contribution is -0.218. The molecule has 1 radical (unpaired) electrons. The predicted molar refractivity (Wildman–Crippen MR) is 63.2 cm³/mol. The van der Waals surface area contributed by atoms with Gasteiger partial charge in [0.15, 0.2) is 6.61 Å². The van der Waals surface area contributed by atoms with Crippen LogP contribution in [-0.2, 0) is 14.5 Å². The first-order valence-corrected chi connectivity index (χ1v) is 5.49. The molecule has 0 amide bonds. The second kappa shape index (κ2) is 7.04. The second-order valence-electron chi connectivity index (χ2n) is 3.59. The van der Waals surface area contributed by atoms with Crippen LogP contribution in [0.15, 0.2) is 18.2 Å². The van der Waals surface area contributed by atoms with E-state index in [0.717, 1.165) is 11.1 Å². The van der Waals surface area contributed by atoms with Crippen LogP contribution in [0, 0.1) is 20.5 Å². The van der Waals surface area contributed by atoms with Crippen molar-refractivity contribution in [2.24, 2.45) is 0 Å². The summed E-state index contributed by atoms with van der Waals surface area (Å²) in [5.41, 5.74) is 2.64. The zero-order valence-electron chi connectivity index (χ0n) is 10.4. The van der Waals surface area contributed by atoms with E-state index in [1.165, 1.54) is 6.61 Å². The largest absolute Gasteiger partial charge is 0.379 e. The van der Waals surface area contributed by atoms with Gasteiger partial charge in [-0.3, -0.25) is 4.89 Å². The molecule has 93 valence electrons. The van der Waals surface area contributed by atoms with E-state index in [4.69, 9.17) is 4.74 Å². The number of carbonyl (C=O) groups excluding carboxylic acids is 1. The number of ether oxygens (including phenoxy) is 1. The number of hydrogen-bond acceptors (Lipinski definition) is 4. The summed E-state index contributed by atoms with van der Waals surface area (Å²) in [5, 5.41) is 0. The average molecular weight is 237 g/mol. The summed E-state index contributed by atoms with van der Waals surface area (Å²) in [5.74, 6) is -0.513. The van der Waals surface area contributed by atoms with Crippen molar-refractivity contribution in [3.8, 4) is 0 Å². The Balaban J connectivity index is 2.39. The van der Waals surface area contributed by atoms with Gasteiger partial charge in [0.05, 0.1) is 12.2 Å². The van der Waals surface area contributed by atoms with Crippen molar-refractivity contribution in [3.05, 3.63) is 41.5 Å². The van der Waals surface area contributed by atoms with Crippen LogP contribution in [0.1, 0.15) is 28.4 Å². The molecule has 0 bridgehead atoms. The summed E-state index contributed by atoms with van der Waals surface area (Å²) in [7, 11) is 0. The Bertz CT molecular complexity index is 374. The topological polar surface area (TPSA) is 44.8 Å². The molecule has 0 N–H and O–H groups in total. The maximum absolute atomic E-state index is 11.5. The van der Waals surface area contributed by atoms with Gasteiger partial charge in [0.1, 0.15) is 0 Å². The molecule has 4 heteroatoms. The van der Waals surface area contributed by atoms with Gasteiger partial charge >= 0.3 is 5.97 Å². The van der Waals surface area contributed by atoms with Gasteiger partial charge in [-0.1, -0.05) is 6.07 Å². The number of rotatable bonds is 6. The van der Waals surface area contributed by atoms with Gasteiger partial charge in [0.2, 0.25) is 0 Å². The third-order valence-electron chi connectivity index (χ3n) is 2.32. The fourth-order valence-corrected chi connectivity index (χ4v) is 1.19. The first-order chi connectivity index (χ1) is 8.15. The Kier molecular flexibility index (Phi) is 5.66. The van der Waals surface area contributed by atoms with Crippen molar-refractivity contribution in [1.82, 2.24) is 0 Å². The van der Waals surface area contributed by atoms with Gasteiger partial charge < -0.3 is 4.74 Å². The summed E-state index contributed by atoms with van der Waals surface area (Å²) >= 11 is 0. The zero-order chi connectivity index (χ0) is 12.7. The van der Waals surface area contributed by atoms with E-state index in [2.05, 4.69) is 9.78 Å². The molecule has 0 aliphatic heterocycles. The van der Waals surface area contributed by atoms with Crippen LogP contribution in [-0.4, -0.2) is 19.2 Å². The summed E-state index contributed by atoms with van der Waals surface area (Å²) in [6, 6.07) is 5.34. The van der Waals surface area contributed by atoms with Gasteiger partial charge in [-0.15, -0.1) is 0 Å². The Morgan fingerprint density at radius 3 is 2.71 bits per heavy atom. The Labute approximate surface area is 101 Å². The van der Waals surface area contributed by atoms with E-state index in [-0.39, 0.29) is 6.61 Å². The van der Waals surface area contributed by atoms with Gasteiger partial charge in [0, 0.05) is 6.61 Å². The Morgan fingerprint density at radius 1 is 1.29 bits per heavy atom. The van der Waals surface area contributed by atoms with Crippen molar-refractivity contribution in [3.63, 3.8) is 0 Å². The Morgan fingerprint density at radius 2 is 2.06 bits per heavy atom. The van der Waals surface area contributed by atoms with Crippen LogP contribution in [0.3, 0.4) is 0 Å². The van der Waals surface area contributed by atoms with Crippen LogP contribution in [0.25, 0.3) is 0 Å². The van der Waals surface area contributed by atoms with Crippen LogP contribution >= 0.6 is 0 Å². The van der Waals surface area contributed by atoms with E-state index < -0.39 is 5.97 Å². The molecule has 0 saturated carbocycles. The van der Waals surface area contributed by atoms with Gasteiger partial charge in [-0.25, -0.2) is 4.79 Å². The molecule has 1 aromatic carbocycles. The molecule has 4 nitrogen and oxygen atoms in total. The maximum Gasteiger partial charge on any atom is 0.373 e. The third kappa shape index (κ3) is 4.54. The lowest BCUT2D eigenvalue weighted by Crippen LogP contribution is -2.07. The van der Waals surface area contributed by atoms with Crippen molar-refractivity contribution in [1.29, 1.82) is 0 Å². The van der Waals surface area contributed by atoms with Gasteiger partial charge in [0.25, 0.3) is 0 Å². The highest BCUT2D eigenvalue weighted by atomic mass is 17.2. The zero-order valence-corrected chi connectivity index (χ0v) is 10.4. The molecule has 0 atom stereocenters. The lowest BCUT2D eigenvalue weighted by atomic mass is 10.1. The van der Waals surface area contributed by atoms with Crippen molar-refractivity contribution in [2.45, 2.75) is 20.8 Å². The summed E-state index contributed by atoms with van der Waals surface area (Å²) in [6.07, 6.45) is 0. The summed E-state index contributed by atoms with van der Waals surface area (Å²) in [4.78, 5) is 20.8. The molecule has 0 aliphatic carbocycles. The third-order valence-corrected chi connectivity index (χ3v) is 2.32. The standard InChI is InChI=1S/C13H17O4/c1-4-15-7-8-16-17-13(14)12-6-5-10(2)11(3)9-12/h5-6,8-9H,4,7H2,1-3H3. The minimum absolute atomic E-state index is 0.288. The Hall–Kier alpha value is -1.39. The fourth-order valence-electron chi connectivity index (χ4n) is 1.19. The van der Waals surface area contributed by atoms with Crippen LogP contribution in [0.4, 0.5) is 0 Å². The molecule has 0 fully saturated rings. The molecule has 0 heterocycles. The number of benzene rings is 1. The normalized spacial score (nSPS) is 10.3. The van der Waals surface area contributed by atoms with E-state index in [1.807, 2.05) is 26.8 Å². The molecular formula is C13H17O4. The van der Waals surface area contributed by atoms with Crippen LogP contribution in [0.5, 0.6) is 0 Å². The number of hydrogen-bond donors (Lipinski definition) is 0. The SMILES string of the molecule is CCOC[CH]OOC(=O)c1ccc(C)c(C)c1. The monoisotopic (exact) mass is 237 g/mol. The minimum atomic E-state index is -0.513. The molecular weight excluding hydrogens is 220 g/mol. The van der Waals surface area contributed by atoms with E-state index >= 15 is 0 Å². The second-order valence-corrected chi connectivity index (χ2v) is 3.59. The van der Waals surface area contributed by atoms with Crippen molar-refractivity contribution < 1.29 is 19.3 Å². The maximum atomic E-state index is 11.5. The fraction of sp³-hybridized carbons (Fsp3) is 0.385. The van der Waals surface area contributed by atoms with Gasteiger partial charge in [-0.2, -0.15) is 4.89 Å². The summed E-state index contributed by atoms with van der Waals surface area (Å²) < 4.78 is 4.98. The quantitative estimate of drug-likeness (QED) is 0.433. The highest BCUT2D eigenvalue weighted by Crippen LogP contribution is 2.11. The predicted octanol–water partition coefficient (Wildman–Crippen LogP) is 2.59. The molecule has 0 aromatic heterocycles. The molecule has 0 spiro atoms. The molecule has 0 aliphatic rings. The first kappa shape index (κ1) is 13.7. The number of aryl methyl sites for hydroxylation is 2. The molecule has 0 saturated heterocycles. The smallest absolute Gasteiger partial charge is 0.373 e. The van der Waals surface area contributed by atoms with Gasteiger partial charge in [-0.05, 0) is 44.0 Å². The molecule has 17 heavy (non-hydrogen) atoms. The van der Waals surface area contributed by atoms with Crippen LogP contribution in [0.2, 0.25) is 0 Å². The molecule has 1 aromatic rings. The van der Waals surface area contributed by atoms with E-state index in [1.54, 1.807) is 12.1 Å². The van der Waals surface area contributed by atoms with Crippen molar-refractivity contribution >= 4 is 5.97 Å².